The third-order valence-corrected chi connectivity index (χ3v) is 2.86. The summed E-state index contributed by atoms with van der Waals surface area (Å²) in [6.07, 6.45) is 2.44. The molecule has 5 nitrogen and oxygen atoms in total. The van der Waals surface area contributed by atoms with E-state index in [0.29, 0.717) is 18.1 Å². The molecule has 0 aromatic carbocycles. The Kier molecular flexibility index (Phi) is 2.92. The molecule has 0 N–H and O–H groups in total. The van der Waals surface area contributed by atoms with Crippen LogP contribution < -0.4 is 0 Å². The van der Waals surface area contributed by atoms with Gasteiger partial charge in [0.15, 0.2) is 0 Å². The standard InChI is InChI=1S/C11H15N3O2/c1-8(7-12)6-9-13-10(14-16-9)11(2)4-3-5-15-11/h8H,3-6H2,1-2H3. The monoisotopic (exact) mass is 221 g/mol. The van der Waals surface area contributed by atoms with Crippen LogP contribution in [0.15, 0.2) is 4.52 Å². The molecule has 0 spiro atoms. The molecule has 2 heterocycles. The molecular weight excluding hydrogens is 206 g/mol. The minimum Gasteiger partial charge on any atom is -0.367 e. The van der Waals surface area contributed by atoms with Crippen LogP contribution in [0.25, 0.3) is 0 Å². The van der Waals surface area contributed by atoms with E-state index >= 15 is 0 Å². The fraction of sp³-hybridized carbons (Fsp3) is 0.727. The van der Waals surface area contributed by atoms with Crippen LogP contribution in [0, 0.1) is 17.2 Å². The highest BCUT2D eigenvalue weighted by molar-refractivity contribution is 5.02. The smallest absolute Gasteiger partial charge is 0.228 e. The summed E-state index contributed by atoms with van der Waals surface area (Å²) in [6.45, 7) is 4.55. The van der Waals surface area contributed by atoms with E-state index in [4.69, 9.17) is 14.5 Å². The Morgan fingerprint density at radius 2 is 2.44 bits per heavy atom. The van der Waals surface area contributed by atoms with Crippen molar-refractivity contribution in [2.45, 2.75) is 38.7 Å². The van der Waals surface area contributed by atoms with Crippen molar-refractivity contribution in [1.29, 1.82) is 5.26 Å². The second-order valence-corrected chi connectivity index (χ2v) is 4.43. The van der Waals surface area contributed by atoms with Crippen LogP contribution in [0.1, 0.15) is 38.4 Å². The molecule has 2 rings (SSSR count). The number of rotatable bonds is 3. The first-order valence-electron chi connectivity index (χ1n) is 5.51. The quantitative estimate of drug-likeness (QED) is 0.778. The molecular formula is C11H15N3O2. The number of hydrogen-bond acceptors (Lipinski definition) is 5. The minimum atomic E-state index is -0.405. The molecule has 1 aromatic rings. The van der Waals surface area contributed by atoms with Gasteiger partial charge >= 0.3 is 0 Å². The minimum absolute atomic E-state index is 0.106. The Morgan fingerprint density at radius 1 is 1.62 bits per heavy atom. The summed E-state index contributed by atoms with van der Waals surface area (Å²) in [5.41, 5.74) is -0.405. The summed E-state index contributed by atoms with van der Waals surface area (Å²) >= 11 is 0. The molecule has 5 heteroatoms. The Balaban J connectivity index is 2.10. The Bertz CT molecular complexity index is 402. The summed E-state index contributed by atoms with van der Waals surface area (Å²) in [7, 11) is 0. The fourth-order valence-electron chi connectivity index (χ4n) is 1.82. The van der Waals surface area contributed by atoms with Crippen molar-refractivity contribution in [3.05, 3.63) is 11.7 Å². The Labute approximate surface area is 94.4 Å². The normalized spacial score (nSPS) is 26.6. The van der Waals surface area contributed by atoms with Gasteiger partial charge in [-0.1, -0.05) is 5.16 Å². The molecule has 1 fully saturated rings. The van der Waals surface area contributed by atoms with E-state index < -0.39 is 5.60 Å². The van der Waals surface area contributed by atoms with Gasteiger partial charge in [0.1, 0.15) is 5.60 Å². The average molecular weight is 221 g/mol. The second kappa shape index (κ2) is 4.22. The van der Waals surface area contributed by atoms with Gasteiger partial charge in [0.05, 0.1) is 12.0 Å². The lowest BCUT2D eigenvalue weighted by atomic mass is 10.0. The molecule has 0 saturated carbocycles. The SMILES string of the molecule is CC(C#N)Cc1nc(C2(C)CCCO2)no1. The summed E-state index contributed by atoms with van der Waals surface area (Å²) in [6, 6.07) is 2.14. The second-order valence-electron chi connectivity index (χ2n) is 4.43. The lowest BCUT2D eigenvalue weighted by Crippen LogP contribution is -2.21. The van der Waals surface area contributed by atoms with E-state index in [-0.39, 0.29) is 5.92 Å². The van der Waals surface area contributed by atoms with E-state index in [1.807, 2.05) is 13.8 Å². The van der Waals surface area contributed by atoms with Gasteiger partial charge in [0.25, 0.3) is 0 Å². The zero-order valence-corrected chi connectivity index (χ0v) is 9.56. The summed E-state index contributed by atoms with van der Waals surface area (Å²) in [5, 5.41) is 12.6. The maximum absolute atomic E-state index is 8.70. The van der Waals surface area contributed by atoms with Crippen molar-refractivity contribution in [3.63, 3.8) is 0 Å². The first-order valence-corrected chi connectivity index (χ1v) is 5.51. The maximum Gasteiger partial charge on any atom is 0.228 e. The largest absolute Gasteiger partial charge is 0.367 e. The van der Waals surface area contributed by atoms with E-state index in [2.05, 4.69) is 16.2 Å². The zero-order valence-electron chi connectivity index (χ0n) is 9.56. The van der Waals surface area contributed by atoms with Gasteiger partial charge in [-0.05, 0) is 26.7 Å². The molecule has 0 amide bonds. The molecule has 0 bridgehead atoms. The molecule has 2 unspecified atom stereocenters. The number of ether oxygens (including phenoxy) is 1. The zero-order chi connectivity index (χ0) is 11.6. The molecule has 1 saturated heterocycles. The summed E-state index contributed by atoms with van der Waals surface area (Å²) in [5.74, 6) is 1.01. The van der Waals surface area contributed by atoms with E-state index in [1.54, 1.807) is 0 Å². The molecule has 16 heavy (non-hydrogen) atoms. The van der Waals surface area contributed by atoms with Crippen molar-refractivity contribution in [2.24, 2.45) is 5.92 Å². The van der Waals surface area contributed by atoms with Gasteiger partial charge < -0.3 is 9.26 Å². The van der Waals surface area contributed by atoms with Gasteiger partial charge in [-0.2, -0.15) is 10.2 Å². The first-order chi connectivity index (χ1) is 7.64. The van der Waals surface area contributed by atoms with Gasteiger partial charge in [-0.3, -0.25) is 0 Å². The Morgan fingerprint density at radius 3 is 3.06 bits per heavy atom. The summed E-state index contributed by atoms with van der Waals surface area (Å²) < 4.78 is 10.7. The highest BCUT2D eigenvalue weighted by Gasteiger charge is 2.36. The molecule has 1 aliphatic heterocycles. The highest BCUT2D eigenvalue weighted by Crippen LogP contribution is 2.33. The van der Waals surface area contributed by atoms with Gasteiger partial charge in [-0.15, -0.1) is 0 Å². The number of aromatic nitrogens is 2. The van der Waals surface area contributed by atoms with Crippen LogP contribution in [-0.2, 0) is 16.8 Å². The average Bonchev–Trinajstić information content (AvgIpc) is 2.88. The van der Waals surface area contributed by atoms with Crippen LogP contribution in [0.5, 0.6) is 0 Å². The van der Waals surface area contributed by atoms with Crippen molar-refractivity contribution in [2.75, 3.05) is 6.61 Å². The van der Waals surface area contributed by atoms with Crippen LogP contribution in [0.2, 0.25) is 0 Å². The van der Waals surface area contributed by atoms with E-state index in [0.717, 1.165) is 19.4 Å². The molecule has 1 aromatic heterocycles. The van der Waals surface area contributed by atoms with Gasteiger partial charge in [0.2, 0.25) is 11.7 Å². The maximum atomic E-state index is 8.70. The van der Waals surface area contributed by atoms with Crippen LogP contribution in [-0.4, -0.2) is 16.7 Å². The predicted molar refractivity (Wildman–Crippen MR) is 55.3 cm³/mol. The first kappa shape index (κ1) is 11.1. The molecule has 86 valence electrons. The van der Waals surface area contributed by atoms with E-state index in [9.17, 15) is 0 Å². The van der Waals surface area contributed by atoms with Crippen LogP contribution in [0.3, 0.4) is 0 Å². The lowest BCUT2D eigenvalue weighted by molar-refractivity contribution is 0.00768. The third kappa shape index (κ3) is 2.07. The Hall–Kier alpha value is -1.41. The predicted octanol–water partition coefficient (Wildman–Crippen LogP) is 1.80. The molecule has 2 atom stereocenters. The van der Waals surface area contributed by atoms with Gasteiger partial charge in [-0.25, -0.2) is 0 Å². The van der Waals surface area contributed by atoms with E-state index in [1.165, 1.54) is 0 Å². The van der Waals surface area contributed by atoms with Gasteiger partial charge in [0, 0.05) is 13.0 Å². The van der Waals surface area contributed by atoms with Crippen molar-refractivity contribution in [1.82, 2.24) is 10.1 Å². The number of nitriles is 1. The summed E-state index contributed by atoms with van der Waals surface area (Å²) in [4.78, 5) is 4.30. The molecule has 1 aliphatic rings. The van der Waals surface area contributed by atoms with Crippen molar-refractivity contribution >= 4 is 0 Å². The number of nitrogens with zero attached hydrogens (tertiary/aromatic N) is 3. The lowest BCUT2D eigenvalue weighted by Gasteiger charge is -2.17. The van der Waals surface area contributed by atoms with Crippen molar-refractivity contribution in [3.8, 4) is 6.07 Å². The van der Waals surface area contributed by atoms with Crippen LogP contribution in [0.4, 0.5) is 0 Å². The fourth-order valence-corrected chi connectivity index (χ4v) is 1.82. The topological polar surface area (TPSA) is 71.9 Å². The number of hydrogen-bond donors (Lipinski definition) is 0. The third-order valence-electron chi connectivity index (χ3n) is 2.86. The van der Waals surface area contributed by atoms with Crippen molar-refractivity contribution < 1.29 is 9.26 Å². The van der Waals surface area contributed by atoms with Crippen LogP contribution >= 0.6 is 0 Å². The highest BCUT2D eigenvalue weighted by atomic mass is 16.5. The molecule has 0 radical (unpaired) electrons. The molecule has 0 aliphatic carbocycles.